The van der Waals surface area contributed by atoms with Crippen LogP contribution in [0.5, 0.6) is 0 Å². The molecule has 0 radical (unpaired) electrons. The van der Waals surface area contributed by atoms with E-state index in [0.29, 0.717) is 6.61 Å². The quantitative estimate of drug-likeness (QED) is 0.696. The van der Waals surface area contributed by atoms with E-state index in [1.54, 1.807) is 6.08 Å². The normalized spacial score (nSPS) is 12.4. The van der Waals surface area contributed by atoms with Gasteiger partial charge in [-0.3, -0.25) is 0 Å². The fourth-order valence-corrected chi connectivity index (χ4v) is 0.973. The summed E-state index contributed by atoms with van der Waals surface area (Å²) >= 11 is 0. The van der Waals surface area contributed by atoms with Crippen molar-refractivity contribution in [3.63, 3.8) is 0 Å². The Morgan fingerprint density at radius 2 is 2.08 bits per heavy atom. The predicted octanol–water partition coefficient (Wildman–Crippen LogP) is 1.75. The molecule has 0 amide bonds. The first-order chi connectivity index (χ1) is 6.36. The highest BCUT2D eigenvalue weighted by molar-refractivity contribution is 5.13. The molecule has 0 bridgehead atoms. The zero-order chi connectivity index (χ0) is 9.52. The smallest absolute Gasteiger partial charge is 0.0988 e. The lowest BCUT2D eigenvalue weighted by Crippen LogP contribution is -2.13. The summed E-state index contributed by atoms with van der Waals surface area (Å²) in [7, 11) is 0. The molecule has 13 heavy (non-hydrogen) atoms. The Morgan fingerprint density at radius 3 is 2.62 bits per heavy atom. The maximum absolute atomic E-state index is 8.81. The second kappa shape index (κ2) is 5.51. The van der Waals surface area contributed by atoms with Crippen molar-refractivity contribution in [2.75, 3.05) is 6.61 Å². The second-order valence-corrected chi connectivity index (χ2v) is 2.75. The van der Waals surface area contributed by atoms with Crippen molar-refractivity contribution in [3.05, 3.63) is 48.6 Å². The van der Waals surface area contributed by atoms with E-state index in [1.807, 2.05) is 30.3 Å². The number of hydrogen-bond acceptors (Lipinski definition) is 2. The van der Waals surface area contributed by atoms with Gasteiger partial charge in [0.15, 0.2) is 0 Å². The van der Waals surface area contributed by atoms with Crippen LogP contribution >= 0.6 is 0 Å². The Kier molecular flexibility index (Phi) is 4.23. The molecule has 0 aliphatic rings. The predicted molar refractivity (Wildman–Crippen MR) is 52.3 cm³/mol. The number of aliphatic hydroxyl groups is 1. The van der Waals surface area contributed by atoms with Gasteiger partial charge in [-0.1, -0.05) is 36.4 Å². The third-order valence-corrected chi connectivity index (χ3v) is 1.75. The van der Waals surface area contributed by atoms with Gasteiger partial charge in [0.2, 0.25) is 0 Å². The molecule has 1 aromatic carbocycles. The van der Waals surface area contributed by atoms with Crippen molar-refractivity contribution in [1.29, 1.82) is 0 Å². The minimum absolute atomic E-state index is 0.0175. The number of hydrogen-bond donors (Lipinski definition) is 1. The van der Waals surface area contributed by atoms with Crippen molar-refractivity contribution in [1.82, 2.24) is 0 Å². The molecule has 0 aliphatic heterocycles. The molecular formula is C11H14O2. The molecule has 2 heteroatoms. The van der Waals surface area contributed by atoms with Crippen LogP contribution in [-0.4, -0.2) is 17.8 Å². The molecule has 0 aliphatic carbocycles. The summed E-state index contributed by atoms with van der Waals surface area (Å²) in [6, 6.07) is 9.84. The summed E-state index contributed by atoms with van der Waals surface area (Å²) in [6.45, 7) is 4.05. The number of benzene rings is 1. The molecule has 0 spiro atoms. The Labute approximate surface area is 78.5 Å². The molecule has 1 N–H and O–H groups in total. The molecule has 0 fully saturated rings. The maximum Gasteiger partial charge on any atom is 0.0988 e. The van der Waals surface area contributed by atoms with Crippen molar-refractivity contribution in [3.8, 4) is 0 Å². The van der Waals surface area contributed by atoms with Gasteiger partial charge < -0.3 is 9.84 Å². The van der Waals surface area contributed by atoms with Crippen LogP contribution in [0.3, 0.4) is 0 Å². The van der Waals surface area contributed by atoms with Crippen LogP contribution in [0.4, 0.5) is 0 Å². The first kappa shape index (κ1) is 9.96. The van der Waals surface area contributed by atoms with Gasteiger partial charge in [-0.2, -0.15) is 0 Å². The summed E-state index contributed by atoms with van der Waals surface area (Å²) < 4.78 is 5.36. The minimum atomic E-state index is -0.264. The molecule has 2 nitrogen and oxygen atoms in total. The molecule has 1 rings (SSSR count). The van der Waals surface area contributed by atoms with Gasteiger partial charge in [0, 0.05) is 0 Å². The van der Waals surface area contributed by atoms with Crippen LogP contribution in [0.2, 0.25) is 0 Å². The summed E-state index contributed by atoms with van der Waals surface area (Å²) in [5, 5.41) is 8.81. The van der Waals surface area contributed by atoms with Crippen LogP contribution in [0, 0.1) is 0 Å². The molecule has 0 saturated carbocycles. The molecule has 1 unspecified atom stereocenters. The van der Waals surface area contributed by atoms with Gasteiger partial charge >= 0.3 is 0 Å². The van der Waals surface area contributed by atoms with Crippen LogP contribution < -0.4 is 0 Å². The topological polar surface area (TPSA) is 29.5 Å². The van der Waals surface area contributed by atoms with Gasteiger partial charge in [0.1, 0.15) is 0 Å². The Balaban J connectivity index is 2.38. The summed E-state index contributed by atoms with van der Waals surface area (Å²) in [5.41, 5.74) is 1.10. The van der Waals surface area contributed by atoms with E-state index in [0.717, 1.165) is 5.56 Å². The van der Waals surface area contributed by atoms with E-state index in [9.17, 15) is 0 Å². The van der Waals surface area contributed by atoms with Crippen molar-refractivity contribution in [2.24, 2.45) is 0 Å². The van der Waals surface area contributed by atoms with Crippen molar-refractivity contribution >= 4 is 0 Å². The highest BCUT2D eigenvalue weighted by atomic mass is 16.5. The fourth-order valence-electron chi connectivity index (χ4n) is 0.973. The molecule has 1 atom stereocenters. The van der Waals surface area contributed by atoms with E-state index in [1.165, 1.54) is 0 Å². The van der Waals surface area contributed by atoms with Crippen LogP contribution in [0.25, 0.3) is 0 Å². The van der Waals surface area contributed by atoms with E-state index in [4.69, 9.17) is 9.84 Å². The minimum Gasteiger partial charge on any atom is -0.393 e. The molecular weight excluding hydrogens is 164 g/mol. The average molecular weight is 178 g/mol. The van der Waals surface area contributed by atoms with E-state index in [-0.39, 0.29) is 12.7 Å². The SMILES string of the molecule is C=CC(CO)OCc1ccccc1. The summed E-state index contributed by atoms with van der Waals surface area (Å²) in [6.07, 6.45) is 1.34. The zero-order valence-electron chi connectivity index (χ0n) is 7.52. The van der Waals surface area contributed by atoms with E-state index in [2.05, 4.69) is 6.58 Å². The van der Waals surface area contributed by atoms with Crippen LogP contribution in [0.15, 0.2) is 43.0 Å². The summed E-state index contributed by atoms with van der Waals surface area (Å²) in [4.78, 5) is 0. The first-order valence-electron chi connectivity index (χ1n) is 4.25. The highest BCUT2D eigenvalue weighted by Crippen LogP contribution is 2.03. The standard InChI is InChI=1S/C11H14O2/c1-2-11(8-12)13-9-10-6-4-3-5-7-10/h2-7,11-12H,1,8-9H2. The Morgan fingerprint density at radius 1 is 1.38 bits per heavy atom. The zero-order valence-corrected chi connectivity index (χ0v) is 7.52. The Bertz CT molecular complexity index is 244. The molecule has 1 aromatic rings. The highest BCUT2D eigenvalue weighted by Gasteiger charge is 2.01. The van der Waals surface area contributed by atoms with Crippen molar-refractivity contribution < 1.29 is 9.84 Å². The third kappa shape index (κ3) is 3.40. The van der Waals surface area contributed by atoms with Gasteiger partial charge in [0.25, 0.3) is 0 Å². The number of ether oxygens (including phenoxy) is 1. The first-order valence-corrected chi connectivity index (χ1v) is 4.25. The molecule has 70 valence electrons. The second-order valence-electron chi connectivity index (χ2n) is 2.75. The lowest BCUT2D eigenvalue weighted by atomic mass is 10.2. The largest absolute Gasteiger partial charge is 0.393 e. The van der Waals surface area contributed by atoms with Crippen molar-refractivity contribution in [2.45, 2.75) is 12.7 Å². The fraction of sp³-hybridized carbons (Fsp3) is 0.273. The maximum atomic E-state index is 8.81. The lowest BCUT2D eigenvalue weighted by molar-refractivity contribution is 0.0324. The molecule has 0 heterocycles. The molecule has 0 aromatic heterocycles. The van der Waals surface area contributed by atoms with E-state index >= 15 is 0 Å². The lowest BCUT2D eigenvalue weighted by Gasteiger charge is -2.10. The third-order valence-electron chi connectivity index (χ3n) is 1.75. The number of rotatable bonds is 5. The van der Waals surface area contributed by atoms with Gasteiger partial charge in [-0.25, -0.2) is 0 Å². The monoisotopic (exact) mass is 178 g/mol. The Hall–Kier alpha value is -1.12. The van der Waals surface area contributed by atoms with Crippen LogP contribution in [0.1, 0.15) is 5.56 Å². The van der Waals surface area contributed by atoms with Gasteiger partial charge in [0.05, 0.1) is 19.3 Å². The molecule has 0 saturated heterocycles. The van der Waals surface area contributed by atoms with Gasteiger partial charge in [-0.15, -0.1) is 6.58 Å². The number of aliphatic hydroxyl groups excluding tert-OH is 1. The average Bonchev–Trinajstić information content (AvgIpc) is 2.21. The van der Waals surface area contributed by atoms with Crippen LogP contribution in [-0.2, 0) is 11.3 Å². The van der Waals surface area contributed by atoms with Gasteiger partial charge in [-0.05, 0) is 5.56 Å². The summed E-state index contributed by atoms with van der Waals surface area (Å²) in [5.74, 6) is 0. The van der Waals surface area contributed by atoms with E-state index < -0.39 is 0 Å².